The van der Waals surface area contributed by atoms with E-state index in [1.54, 1.807) is 0 Å². The zero-order valence-corrected chi connectivity index (χ0v) is 13.7. The molecule has 0 aliphatic rings. The molecular weight excluding hydrogens is 280 g/mol. The van der Waals surface area contributed by atoms with Crippen LogP contribution in [0.25, 0.3) is 0 Å². The fraction of sp³-hybridized carbons (Fsp3) is 0.471. The van der Waals surface area contributed by atoms with Gasteiger partial charge in [-0.15, -0.1) is 11.3 Å². The lowest BCUT2D eigenvalue weighted by Crippen LogP contribution is -2.18. The van der Waals surface area contributed by atoms with E-state index in [0.717, 1.165) is 31.8 Å². The molecule has 4 heteroatoms. The van der Waals surface area contributed by atoms with Crippen LogP contribution in [0.3, 0.4) is 0 Å². The number of nitrogens with zero attached hydrogens (tertiary/aromatic N) is 1. The van der Waals surface area contributed by atoms with Gasteiger partial charge in [0.2, 0.25) is 0 Å². The number of hydrogen-bond donors (Lipinski definition) is 1. The van der Waals surface area contributed by atoms with E-state index in [4.69, 9.17) is 4.74 Å². The lowest BCUT2D eigenvalue weighted by molar-refractivity contribution is 0.125. The second kappa shape index (κ2) is 8.93. The summed E-state index contributed by atoms with van der Waals surface area (Å²) in [4.78, 5) is 6.95. The Morgan fingerprint density at radius 1 is 1.19 bits per heavy atom. The second-order valence-electron chi connectivity index (χ2n) is 5.52. The smallest absolute Gasteiger partial charge is 0.0809 e. The van der Waals surface area contributed by atoms with Gasteiger partial charge in [0.25, 0.3) is 0 Å². The van der Waals surface area contributed by atoms with Crippen molar-refractivity contribution in [2.24, 2.45) is 5.92 Å². The normalized spacial score (nSPS) is 11.2. The summed E-state index contributed by atoms with van der Waals surface area (Å²) in [7, 11) is 0. The van der Waals surface area contributed by atoms with Crippen molar-refractivity contribution in [1.82, 2.24) is 10.3 Å². The van der Waals surface area contributed by atoms with Crippen LogP contribution in [0.1, 0.15) is 29.3 Å². The summed E-state index contributed by atoms with van der Waals surface area (Å²) >= 11 is 1.83. The van der Waals surface area contributed by atoms with Crippen LogP contribution >= 0.6 is 11.3 Å². The van der Waals surface area contributed by atoms with E-state index in [9.17, 15) is 0 Å². The highest BCUT2D eigenvalue weighted by atomic mass is 32.1. The monoisotopic (exact) mass is 304 g/mol. The summed E-state index contributed by atoms with van der Waals surface area (Å²) < 4.78 is 5.73. The lowest BCUT2D eigenvalue weighted by Gasteiger charge is -2.05. The van der Waals surface area contributed by atoms with Crippen molar-refractivity contribution in [2.45, 2.75) is 33.4 Å². The molecule has 0 saturated heterocycles. The van der Waals surface area contributed by atoms with Crippen molar-refractivity contribution in [2.75, 3.05) is 13.2 Å². The standard InChI is InChI=1S/C17H24N2OS/c1-14(2)11-18-12-16-6-7-17(21-16)13-20-10-8-15-5-3-4-9-19-15/h3-7,9,14,18H,8,10-13H2,1-2H3. The van der Waals surface area contributed by atoms with Gasteiger partial charge < -0.3 is 10.1 Å². The number of ether oxygens (including phenoxy) is 1. The topological polar surface area (TPSA) is 34.1 Å². The summed E-state index contributed by atoms with van der Waals surface area (Å²) in [6.07, 6.45) is 2.69. The first kappa shape index (κ1) is 16.1. The van der Waals surface area contributed by atoms with Crippen molar-refractivity contribution < 1.29 is 4.74 Å². The van der Waals surface area contributed by atoms with Crippen LogP contribution in [-0.4, -0.2) is 18.1 Å². The summed E-state index contributed by atoms with van der Waals surface area (Å²) in [6, 6.07) is 10.3. The average Bonchev–Trinajstić information content (AvgIpc) is 2.92. The molecule has 0 bridgehead atoms. The molecule has 2 aromatic heterocycles. The number of aromatic nitrogens is 1. The Hall–Kier alpha value is -1.23. The number of pyridine rings is 1. The molecule has 0 atom stereocenters. The first-order valence-corrected chi connectivity index (χ1v) is 8.31. The quantitative estimate of drug-likeness (QED) is 0.718. The van der Waals surface area contributed by atoms with Crippen LogP contribution in [0.2, 0.25) is 0 Å². The number of thiophene rings is 1. The van der Waals surface area contributed by atoms with Crippen LogP contribution < -0.4 is 5.32 Å². The molecular formula is C17H24N2OS. The lowest BCUT2D eigenvalue weighted by atomic mass is 10.2. The molecule has 114 valence electrons. The van der Waals surface area contributed by atoms with Gasteiger partial charge in [-0.1, -0.05) is 19.9 Å². The zero-order chi connectivity index (χ0) is 14.9. The van der Waals surface area contributed by atoms with Crippen molar-refractivity contribution in [3.8, 4) is 0 Å². The van der Waals surface area contributed by atoms with Crippen LogP contribution in [0.5, 0.6) is 0 Å². The van der Waals surface area contributed by atoms with Crippen LogP contribution in [0.15, 0.2) is 36.5 Å². The summed E-state index contributed by atoms with van der Waals surface area (Å²) in [5, 5.41) is 3.46. The van der Waals surface area contributed by atoms with E-state index < -0.39 is 0 Å². The minimum Gasteiger partial charge on any atom is -0.376 e. The minimum atomic E-state index is 0.694. The highest BCUT2D eigenvalue weighted by Gasteiger charge is 2.01. The number of rotatable bonds is 9. The average molecular weight is 304 g/mol. The molecule has 0 aliphatic heterocycles. The number of nitrogens with one attached hydrogen (secondary N) is 1. The van der Waals surface area contributed by atoms with E-state index in [2.05, 4.69) is 36.3 Å². The molecule has 2 aromatic rings. The Kier molecular flexibility index (Phi) is 6.86. The predicted molar refractivity (Wildman–Crippen MR) is 88.5 cm³/mol. The first-order valence-electron chi connectivity index (χ1n) is 7.50. The molecule has 2 heterocycles. The maximum Gasteiger partial charge on any atom is 0.0809 e. The Balaban J connectivity index is 1.63. The molecule has 0 unspecified atom stereocenters. The van der Waals surface area contributed by atoms with Gasteiger partial charge in [0.1, 0.15) is 0 Å². The summed E-state index contributed by atoms with van der Waals surface area (Å²) in [5.41, 5.74) is 1.09. The molecule has 21 heavy (non-hydrogen) atoms. The highest BCUT2D eigenvalue weighted by Crippen LogP contribution is 2.17. The van der Waals surface area contributed by atoms with Crippen LogP contribution in [-0.2, 0) is 24.3 Å². The van der Waals surface area contributed by atoms with Gasteiger partial charge in [-0.05, 0) is 36.7 Å². The Morgan fingerprint density at radius 3 is 2.81 bits per heavy atom. The summed E-state index contributed by atoms with van der Waals surface area (Å²) in [6.45, 7) is 7.88. The number of hydrogen-bond acceptors (Lipinski definition) is 4. The van der Waals surface area contributed by atoms with Crippen molar-refractivity contribution >= 4 is 11.3 Å². The van der Waals surface area contributed by atoms with E-state index in [-0.39, 0.29) is 0 Å². The maximum absolute atomic E-state index is 5.73. The first-order chi connectivity index (χ1) is 10.2. The zero-order valence-electron chi connectivity index (χ0n) is 12.8. The van der Waals surface area contributed by atoms with Crippen molar-refractivity contribution in [3.63, 3.8) is 0 Å². The Morgan fingerprint density at radius 2 is 2.05 bits per heavy atom. The molecule has 0 saturated carbocycles. The molecule has 0 aliphatic carbocycles. The van der Waals surface area contributed by atoms with E-state index in [1.807, 2.05) is 35.7 Å². The van der Waals surface area contributed by atoms with Crippen molar-refractivity contribution in [1.29, 1.82) is 0 Å². The maximum atomic E-state index is 5.73. The third kappa shape index (κ3) is 6.38. The Labute approximate surface area is 131 Å². The van der Waals surface area contributed by atoms with Gasteiger partial charge in [-0.2, -0.15) is 0 Å². The van der Waals surface area contributed by atoms with Crippen LogP contribution in [0, 0.1) is 5.92 Å². The molecule has 0 fully saturated rings. The molecule has 1 N–H and O–H groups in total. The van der Waals surface area contributed by atoms with E-state index in [1.165, 1.54) is 9.75 Å². The van der Waals surface area contributed by atoms with Gasteiger partial charge in [-0.3, -0.25) is 4.98 Å². The van der Waals surface area contributed by atoms with Gasteiger partial charge in [-0.25, -0.2) is 0 Å². The van der Waals surface area contributed by atoms with Gasteiger partial charge in [0.15, 0.2) is 0 Å². The molecule has 0 spiro atoms. The predicted octanol–water partition coefficient (Wildman–Crippen LogP) is 3.65. The summed E-state index contributed by atoms with van der Waals surface area (Å²) in [5.74, 6) is 0.694. The van der Waals surface area contributed by atoms with Gasteiger partial charge in [0.05, 0.1) is 13.2 Å². The molecule has 0 radical (unpaired) electrons. The Bertz CT molecular complexity index is 511. The largest absolute Gasteiger partial charge is 0.376 e. The molecule has 0 amide bonds. The van der Waals surface area contributed by atoms with E-state index in [0.29, 0.717) is 12.5 Å². The molecule has 0 aromatic carbocycles. The third-order valence-corrected chi connectivity index (χ3v) is 4.10. The van der Waals surface area contributed by atoms with E-state index >= 15 is 0 Å². The van der Waals surface area contributed by atoms with Gasteiger partial charge >= 0.3 is 0 Å². The molecule has 2 rings (SSSR count). The third-order valence-electron chi connectivity index (χ3n) is 3.04. The minimum absolute atomic E-state index is 0.694. The van der Waals surface area contributed by atoms with Crippen molar-refractivity contribution in [3.05, 3.63) is 52.0 Å². The van der Waals surface area contributed by atoms with Crippen LogP contribution in [0.4, 0.5) is 0 Å². The van der Waals surface area contributed by atoms with Gasteiger partial charge in [0, 0.05) is 34.6 Å². The highest BCUT2D eigenvalue weighted by molar-refractivity contribution is 7.11. The fourth-order valence-corrected chi connectivity index (χ4v) is 2.90. The SMILES string of the molecule is CC(C)CNCc1ccc(COCCc2ccccn2)s1. The second-order valence-corrected chi connectivity index (χ2v) is 6.77. The molecule has 3 nitrogen and oxygen atoms in total. The fourth-order valence-electron chi connectivity index (χ4n) is 1.97.